The molecule has 0 aliphatic rings. The summed E-state index contributed by atoms with van der Waals surface area (Å²) < 4.78 is 47.7. The van der Waals surface area contributed by atoms with Gasteiger partial charge in [0.15, 0.2) is 0 Å². The molecule has 0 saturated heterocycles. The predicted octanol–water partition coefficient (Wildman–Crippen LogP) is 3.41. The number of hydrogen-bond donors (Lipinski definition) is 0. The lowest BCUT2D eigenvalue weighted by Gasteiger charge is -2.12. The largest absolute Gasteiger partial charge is 0.729 e. The Bertz CT molecular complexity index is 601. The van der Waals surface area contributed by atoms with Gasteiger partial charge in [0.2, 0.25) is 0 Å². The Morgan fingerprint density at radius 1 is 1.20 bits per heavy atom. The lowest BCUT2D eigenvalue weighted by atomic mass is 10.0. The molecule has 0 aromatic heterocycles. The molecule has 0 amide bonds. The van der Waals surface area contributed by atoms with Crippen LogP contribution in [0.25, 0.3) is 0 Å². The van der Waals surface area contributed by atoms with E-state index in [1.165, 1.54) is 12.1 Å². The lowest BCUT2D eigenvalue weighted by molar-refractivity contribution is -0.0962. The van der Waals surface area contributed by atoms with Crippen molar-refractivity contribution in [3.8, 4) is 0 Å². The summed E-state index contributed by atoms with van der Waals surface area (Å²) in [6.07, 6.45) is 1.04. The molecule has 0 N–H and O–H groups in total. The first kappa shape index (κ1) is 17.5. The fraction of sp³-hybridized carbons (Fsp3) is 0.455. The van der Waals surface area contributed by atoms with E-state index in [1.54, 1.807) is 6.92 Å². The predicted molar refractivity (Wildman–Crippen MR) is 74.2 cm³/mol. The van der Waals surface area contributed by atoms with E-state index < -0.39 is 18.4 Å². The molecule has 1 atom stereocenters. The van der Waals surface area contributed by atoms with Gasteiger partial charge in [-0.2, -0.15) is 8.42 Å². The van der Waals surface area contributed by atoms with Gasteiger partial charge in [0, 0.05) is 9.59 Å². The summed E-state index contributed by atoms with van der Waals surface area (Å²) in [6, 6.07) is 2.81. The first-order valence-corrected chi connectivity index (χ1v) is 8.68. The quantitative estimate of drug-likeness (QED) is 0.429. The van der Waals surface area contributed by atoms with Crippen LogP contribution in [0.1, 0.15) is 25.0 Å². The van der Waals surface area contributed by atoms with Crippen LogP contribution in [-0.4, -0.2) is 15.5 Å². The Balaban J connectivity index is 3.21. The summed E-state index contributed by atoms with van der Waals surface area (Å²) in [4.78, 5) is -0.0549. The summed E-state index contributed by atoms with van der Waals surface area (Å²) >= 11 is 6.05. The van der Waals surface area contributed by atoms with E-state index in [-0.39, 0.29) is 4.90 Å². The Morgan fingerprint density at radius 2 is 1.80 bits per heavy atom. The summed E-state index contributed by atoms with van der Waals surface area (Å²) in [6.45, 7) is 3.68. The highest BCUT2D eigenvalue weighted by Gasteiger charge is 2.29. The number of benzene rings is 1. The molecule has 0 saturated carbocycles. The smallest absolute Gasteiger partial charge is 0.191 e. The van der Waals surface area contributed by atoms with Gasteiger partial charge in [-0.15, -0.1) is 4.52 Å². The van der Waals surface area contributed by atoms with Gasteiger partial charge >= 0.3 is 18.4 Å². The van der Waals surface area contributed by atoms with Crippen molar-refractivity contribution in [2.45, 2.75) is 31.6 Å². The molecule has 9 heteroatoms. The van der Waals surface area contributed by atoms with Crippen LogP contribution >= 0.6 is 19.9 Å². The molecule has 0 heterocycles. The van der Waals surface area contributed by atoms with Gasteiger partial charge in [0.05, 0.1) is 11.8 Å². The van der Waals surface area contributed by atoms with Crippen molar-refractivity contribution in [1.82, 2.24) is 0 Å². The third-order valence-corrected chi connectivity index (χ3v) is 4.76. The van der Waals surface area contributed by atoms with E-state index in [1.807, 2.05) is 6.92 Å². The zero-order valence-corrected chi connectivity index (χ0v) is 13.7. The van der Waals surface area contributed by atoms with E-state index in [4.69, 9.17) is 11.6 Å². The van der Waals surface area contributed by atoms with Crippen molar-refractivity contribution in [3.63, 3.8) is 0 Å². The average molecular weight is 342 g/mol. The van der Waals surface area contributed by atoms with Crippen molar-refractivity contribution in [2.24, 2.45) is 0 Å². The average Bonchev–Trinajstić information content (AvgIpc) is 2.43. The zero-order valence-electron chi connectivity index (χ0n) is 11.3. The van der Waals surface area contributed by atoms with Gasteiger partial charge in [0.25, 0.3) is 0 Å². The summed E-state index contributed by atoms with van der Waals surface area (Å²) in [7, 11) is -5.74. The number of halogens is 1. The maximum atomic E-state index is 12.0. The Hall–Kier alpha value is -0.560. The molecule has 0 spiro atoms. The lowest BCUT2D eigenvalue weighted by Crippen LogP contribution is -2.10. The number of rotatable bonds is 7. The van der Waals surface area contributed by atoms with Crippen LogP contribution in [0.15, 0.2) is 17.0 Å². The second kappa shape index (κ2) is 7.45. The molecule has 112 valence electrons. The van der Waals surface area contributed by atoms with E-state index in [0.29, 0.717) is 23.4 Å². The van der Waals surface area contributed by atoms with Gasteiger partial charge in [-0.3, -0.25) is 0 Å². The van der Waals surface area contributed by atoms with Crippen molar-refractivity contribution in [2.75, 3.05) is 7.11 Å². The highest BCUT2D eigenvalue weighted by Crippen LogP contribution is 2.31. The van der Waals surface area contributed by atoms with Crippen molar-refractivity contribution >= 4 is 30.0 Å². The minimum Gasteiger partial charge on any atom is -0.191 e. The molecular weight excluding hydrogens is 327 g/mol. The minimum absolute atomic E-state index is 0.0549. The monoisotopic (exact) mass is 341 g/mol. The fourth-order valence-electron chi connectivity index (χ4n) is 1.78. The molecule has 0 aliphatic carbocycles. The Labute approximate surface area is 124 Å². The number of hydrogen-bond acceptors (Lipinski definition) is 6. The van der Waals surface area contributed by atoms with Gasteiger partial charge < -0.3 is 0 Å². The summed E-state index contributed by atoms with van der Waals surface area (Å²) in [5, 5.41) is 0.493. The van der Waals surface area contributed by atoms with E-state index in [2.05, 4.69) is 13.5 Å². The molecule has 0 bridgehead atoms. The van der Waals surface area contributed by atoms with Gasteiger partial charge in [-0.05, 0) is 36.1 Å². The molecule has 1 aromatic carbocycles. The molecule has 1 unspecified atom stereocenters. The van der Waals surface area contributed by atoms with Gasteiger partial charge in [0.1, 0.15) is 4.90 Å². The van der Waals surface area contributed by atoms with Crippen LogP contribution in [0.2, 0.25) is 5.02 Å². The van der Waals surface area contributed by atoms with Crippen LogP contribution in [0.4, 0.5) is 0 Å². The highest BCUT2D eigenvalue weighted by molar-refractivity contribution is 7.86. The molecule has 6 nitrogen and oxygen atoms in total. The maximum Gasteiger partial charge on any atom is 0.729 e. The third kappa shape index (κ3) is 3.97. The minimum atomic E-state index is -4.20. The molecule has 1 rings (SSSR count). The first-order valence-electron chi connectivity index (χ1n) is 5.80. The van der Waals surface area contributed by atoms with Crippen LogP contribution in [0, 0.1) is 0 Å². The Morgan fingerprint density at radius 3 is 2.30 bits per heavy atom. The van der Waals surface area contributed by atoms with E-state index >= 15 is 0 Å². The standard InChI is InChI=1S/C11H15ClO6PS/c1-4-8-9(5-2)11(7-6-10(8)12)20(14,15)18-17-19(13)16-3/h6-7H,4-5H2,1-3H3/q+1. The second-order valence-corrected chi connectivity index (χ2v) is 6.57. The van der Waals surface area contributed by atoms with Crippen molar-refractivity contribution in [3.05, 3.63) is 28.3 Å². The molecule has 1 aromatic rings. The van der Waals surface area contributed by atoms with E-state index in [9.17, 15) is 13.0 Å². The fourth-order valence-corrected chi connectivity index (χ4v) is 3.55. The normalized spacial score (nSPS) is 12.5. The third-order valence-electron chi connectivity index (χ3n) is 2.64. The first-order chi connectivity index (χ1) is 9.37. The SMILES string of the molecule is CCc1c(Cl)ccc(S(=O)(=O)OO[P+](=O)OC)c1CC. The zero-order chi connectivity index (χ0) is 15.3. The van der Waals surface area contributed by atoms with E-state index in [0.717, 1.165) is 12.7 Å². The summed E-state index contributed by atoms with van der Waals surface area (Å²) in [5.74, 6) is 0. The summed E-state index contributed by atoms with van der Waals surface area (Å²) in [5.41, 5.74) is 1.28. The Kier molecular flexibility index (Phi) is 6.51. The second-order valence-electron chi connectivity index (χ2n) is 3.71. The molecule has 0 fully saturated rings. The van der Waals surface area contributed by atoms with Crippen LogP contribution < -0.4 is 0 Å². The topological polar surface area (TPSA) is 78.9 Å². The van der Waals surface area contributed by atoms with Crippen LogP contribution in [0.3, 0.4) is 0 Å². The highest BCUT2D eigenvalue weighted by atomic mass is 35.5. The molecular formula is C11H15ClO6PS+. The van der Waals surface area contributed by atoms with Crippen LogP contribution in [-0.2, 0) is 41.1 Å². The molecule has 0 radical (unpaired) electrons. The van der Waals surface area contributed by atoms with Crippen LogP contribution in [0.5, 0.6) is 0 Å². The molecule has 20 heavy (non-hydrogen) atoms. The molecule has 0 aliphatic heterocycles. The maximum absolute atomic E-state index is 12.0. The van der Waals surface area contributed by atoms with Crippen molar-refractivity contribution in [1.29, 1.82) is 0 Å². The van der Waals surface area contributed by atoms with Crippen molar-refractivity contribution < 1.29 is 26.5 Å². The van der Waals surface area contributed by atoms with Gasteiger partial charge in [-0.1, -0.05) is 29.8 Å². The van der Waals surface area contributed by atoms with Gasteiger partial charge in [-0.25, -0.2) is 0 Å².